The third-order valence-electron chi connectivity index (χ3n) is 2.99. The Morgan fingerprint density at radius 2 is 1.73 bits per heavy atom. The van der Waals surface area contributed by atoms with Gasteiger partial charge >= 0.3 is 0 Å². The molecule has 2 rings (SSSR count). The third kappa shape index (κ3) is 3.03. The second kappa shape index (κ2) is 6.66. The van der Waals surface area contributed by atoms with Gasteiger partial charge in [0.05, 0.1) is 21.3 Å². The van der Waals surface area contributed by atoms with Crippen LogP contribution in [0, 0.1) is 0 Å². The van der Waals surface area contributed by atoms with Crippen molar-refractivity contribution < 1.29 is 19.0 Å². The number of H-pyrrole nitrogens is 1. The van der Waals surface area contributed by atoms with Gasteiger partial charge in [0.15, 0.2) is 11.5 Å². The lowest BCUT2D eigenvalue weighted by molar-refractivity contribution is 0.102. The molecule has 0 atom stereocenters. The van der Waals surface area contributed by atoms with Crippen LogP contribution in [0.2, 0.25) is 0 Å². The fourth-order valence-corrected chi connectivity index (χ4v) is 1.93. The lowest BCUT2D eigenvalue weighted by Crippen LogP contribution is -2.19. The number of benzene rings is 1. The Bertz CT molecular complexity index is 714. The molecule has 0 aliphatic carbocycles. The summed E-state index contributed by atoms with van der Waals surface area (Å²) in [5.41, 5.74) is 0.0438. The molecule has 116 valence electrons. The Kier molecular flexibility index (Phi) is 4.67. The van der Waals surface area contributed by atoms with Gasteiger partial charge in [0.2, 0.25) is 5.75 Å². The van der Waals surface area contributed by atoms with Crippen molar-refractivity contribution in [3.05, 3.63) is 46.4 Å². The van der Waals surface area contributed by atoms with E-state index < -0.39 is 5.91 Å². The van der Waals surface area contributed by atoms with Crippen molar-refractivity contribution in [1.29, 1.82) is 0 Å². The lowest BCUT2D eigenvalue weighted by Gasteiger charge is -2.14. The van der Waals surface area contributed by atoms with E-state index in [9.17, 15) is 9.59 Å². The topological polar surface area (TPSA) is 89.7 Å². The number of aromatic amines is 1. The van der Waals surface area contributed by atoms with E-state index in [0.29, 0.717) is 17.2 Å². The van der Waals surface area contributed by atoms with Crippen LogP contribution in [0.15, 0.2) is 35.3 Å². The quantitative estimate of drug-likeness (QED) is 0.876. The Balaban J connectivity index is 2.38. The summed E-state index contributed by atoms with van der Waals surface area (Å²) in [5.74, 6) is 0.637. The van der Waals surface area contributed by atoms with Crippen molar-refractivity contribution in [2.24, 2.45) is 0 Å². The van der Waals surface area contributed by atoms with Crippen LogP contribution in [-0.2, 0) is 0 Å². The summed E-state index contributed by atoms with van der Waals surface area (Å²) in [7, 11) is 4.39. The van der Waals surface area contributed by atoms with Gasteiger partial charge < -0.3 is 24.5 Å². The minimum Gasteiger partial charge on any atom is -0.493 e. The predicted octanol–water partition coefficient (Wildman–Crippen LogP) is 1.65. The first kappa shape index (κ1) is 15.4. The van der Waals surface area contributed by atoms with E-state index in [-0.39, 0.29) is 16.8 Å². The van der Waals surface area contributed by atoms with E-state index in [0.717, 1.165) is 0 Å². The summed E-state index contributed by atoms with van der Waals surface area (Å²) in [4.78, 5) is 26.4. The van der Waals surface area contributed by atoms with Crippen molar-refractivity contribution in [1.82, 2.24) is 4.98 Å². The molecule has 0 aliphatic heterocycles. The average molecular weight is 304 g/mol. The summed E-state index contributed by atoms with van der Waals surface area (Å²) >= 11 is 0. The summed E-state index contributed by atoms with van der Waals surface area (Å²) in [6.07, 6.45) is 1.48. The minimum absolute atomic E-state index is 0.154. The predicted molar refractivity (Wildman–Crippen MR) is 81.1 cm³/mol. The van der Waals surface area contributed by atoms with E-state index in [2.05, 4.69) is 10.3 Å². The zero-order chi connectivity index (χ0) is 16.1. The van der Waals surface area contributed by atoms with Crippen LogP contribution >= 0.6 is 0 Å². The molecular formula is C15H16N2O5. The summed E-state index contributed by atoms with van der Waals surface area (Å²) in [5, 5.41) is 2.53. The number of nitrogens with one attached hydrogen (secondary N) is 2. The number of hydrogen-bond acceptors (Lipinski definition) is 5. The van der Waals surface area contributed by atoms with Crippen molar-refractivity contribution in [2.75, 3.05) is 26.6 Å². The minimum atomic E-state index is -0.462. The normalized spacial score (nSPS) is 9.95. The first-order valence-corrected chi connectivity index (χ1v) is 6.39. The highest BCUT2D eigenvalue weighted by molar-refractivity contribution is 6.05. The smallest absolute Gasteiger partial charge is 0.271 e. The molecule has 22 heavy (non-hydrogen) atoms. The Labute approximate surface area is 126 Å². The van der Waals surface area contributed by atoms with Crippen LogP contribution in [0.25, 0.3) is 0 Å². The molecule has 0 bridgehead atoms. The average Bonchev–Trinajstić information content (AvgIpc) is 2.55. The van der Waals surface area contributed by atoms with Crippen LogP contribution in [0.1, 0.15) is 10.4 Å². The molecule has 0 fully saturated rings. The molecule has 1 aromatic heterocycles. The van der Waals surface area contributed by atoms with E-state index >= 15 is 0 Å². The van der Waals surface area contributed by atoms with Crippen molar-refractivity contribution in [2.45, 2.75) is 0 Å². The number of ether oxygens (including phenoxy) is 3. The van der Waals surface area contributed by atoms with Crippen molar-refractivity contribution in [3.8, 4) is 17.2 Å². The molecule has 0 radical (unpaired) electrons. The van der Waals surface area contributed by atoms with E-state index in [1.54, 1.807) is 6.07 Å². The largest absolute Gasteiger partial charge is 0.493 e. The first-order chi connectivity index (χ1) is 10.6. The molecule has 0 saturated heterocycles. The number of methoxy groups -OCH3 is 3. The number of anilines is 1. The molecule has 0 aliphatic rings. The van der Waals surface area contributed by atoms with Gasteiger partial charge in [0.25, 0.3) is 11.5 Å². The van der Waals surface area contributed by atoms with Crippen molar-refractivity contribution >= 4 is 11.6 Å². The fourth-order valence-electron chi connectivity index (χ4n) is 1.93. The van der Waals surface area contributed by atoms with Crippen LogP contribution in [0.5, 0.6) is 17.2 Å². The van der Waals surface area contributed by atoms with Crippen LogP contribution < -0.4 is 25.1 Å². The maximum Gasteiger partial charge on any atom is 0.271 e. The number of aromatic nitrogens is 1. The molecule has 1 amide bonds. The van der Waals surface area contributed by atoms with Gasteiger partial charge in [-0.15, -0.1) is 0 Å². The van der Waals surface area contributed by atoms with Gasteiger partial charge in [0.1, 0.15) is 5.69 Å². The van der Waals surface area contributed by atoms with Crippen LogP contribution in [0.4, 0.5) is 5.69 Å². The Morgan fingerprint density at radius 1 is 1.09 bits per heavy atom. The Hall–Kier alpha value is -2.96. The van der Waals surface area contributed by atoms with Gasteiger partial charge in [-0.3, -0.25) is 9.59 Å². The van der Waals surface area contributed by atoms with E-state index in [1.807, 2.05) is 0 Å². The summed E-state index contributed by atoms with van der Waals surface area (Å²) < 4.78 is 15.6. The highest BCUT2D eigenvalue weighted by atomic mass is 16.5. The number of carbonyl (C=O) groups is 1. The zero-order valence-electron chi connectivity index (χ0n) is 12.4. The molecule has 2 aromatic rings. The number of amides is 1. The van der Waals surface area contributed by atoms with Gasteiger partial charge in [-0.1, -0.05) is 0 Å². The zero-order valence-corrected chi connectivity index (χ0v) is 12.4. The number of rotatable bonds is 5. The molecule has 2 N–H and O–H groups in total. The number of hydrogen-bond donors (Lipinski definition) is 2. The van der Waals surface area contributed by atoms with Gasteiger partial charge in [0, 0.05) is 11.8 Å². The molecule has 7 heteroatoms. The van der Waals surface area contributed by atoms with Gasteiger partial charge in [-0.2, -0.15) is 0 Å². The molecule has 0 unspecified atom stereocenters. The highest BCUT2D eigenvalue weighted by Gasteiger charge is 2.17. The second-order valence-electron chi connectivity index (χ2n) is 4.28. The van der Waals surface area contributed by atoms with E-state index in [1.165, 1.54) is 45.7 Å². The van der Waals surface area contributed by atoms with Crippen LogP contribution in [0.3, 0.4) is 0 Å². The summed E-state index contributed by atoms with van der Waals surface area (Å²) in [6, 6.07) is 6.14. The molecule has 1 heterocycles. The standard InChI is InChI=1S/C15H16N2O5/c1-20-11-7-9(8-12(21-2)13(11)22-3)14(18)17-10-5-4-6-16-15(10)19/h4-8H,1-3H3,(H,16,19)(H,17,18). The SMILES string of the molecule is COc1cc(C(=O)Nc2ccc[nH]c2=O)cc(OC)c1OC. The molecule has 1 aromatic carbocycles. The Morgan fingerprint density at radius 3 is 2.23 bits per heavy atom. The van der Waals surface area contributed by atoms with E-state index in [4.69, 9.17) is 14.2 Å². The summed E-state index contributed by atoms with van der Waals surface area (Å²) in [6.45, 7) is 0. The second-order valence-corrected chi connectivity index (χ2v) is 4.28. The van der Waals surface area contributed by atoms with Crippen LogP contribution in [-0.4, -0.2) is 32.2 Å². The van der Waals surface area contributed by atoms with Gasteiger partial charge in [-0.25, -0.2) is 0 Å². The fraction of sp³-hybridized carbons (Fsp3) is 0.200. The van der Waals surface area contributed by atoms with Crippen molar-refractivity contribution in [3.63, 3.8) is 0 Å². The molecule has 7 nitrogen and oxygen atoms in total. The maximum absolute atomic E-state index is 12.3. The molecule has 0 spiro atoms. The molecular weight excluding hydrogens is 288 g/mol. The molecule has 0 saturated carbocycles. The first-order valence-electron chi connectivity index (χ1n) is 6.39. The number of carbonyl (C=O) groups excluding carboxylic acids is 1. The number of pyridine rings is 1. The third-order valence-corrected chi connectivity index (χ3v) is 2.99. The highest BCUT2D eigenvalue weighted by Crippen LogP contribution is 2.38. The maximum atomic E-state index is 12.3. The monoisotopic (exact) mass is 304 g/mol. The lowest BCUT2D eigenvalue weighted by atomic mass is 10.1. The van der Waals surface area contributed by atoms with Gasteiger partial charge in [-0.05, 0) is 24.3 Å².